The zero-order valence-corrected chi connectivity index (χ0v) is 13.5. The monoisotopic (exact) mass is 295 g/mol. The summed E-state index contributed by atoms with van der Waals surface area (Å²) in [5.74, 6) is 2.88. The summed E-state index contributed by atoms with van der Waals surface area (Å²) in [4.78, 5) is 0. The lowest BCUT2D eigenvalue weighted by atomic mass is 10.1. The predicted octanol–water partition coefficient (Wildman–Crippen LogP) is 3.64. The normalized spacial score (nSPS) is 17.1. The number of benzene rings is 1. The fraction of sp³-hybridized carbons (Fsp3) is 0.625. The highest BCUT2D eigenvalue weighted by Gasteiger charge is 2.20. The molecule has 1 fully saturated rings. The Morgan fingerprint density at radius 1 is 1.25 bits per heavy atom. The quantitative estimate of drug-likeness (QED) is 0.832. The highest BCUT2D eigenvalue weighted by molar-refractivity contribution is 7.99. The van der Waals surface area contributed by atoms with E-state index in [-0.39, 0.29) is 0 Å². The Morgan fingerprint density at radius 3 is 2.60 bits per heavy atom. The Hall–Kier alpha value is -0.870. The molecular formula is C16H25NO2S. The average Bonchev–Trinajstić information content (AvgIpc) is 3.01. The molecule has 2 rings (SSSR count). The highest BCUT2D eigenvalue weighted by Crippen LogP contribution is 2.35. The van der Waals surface area contributed by atoms with Crippen LogP contribution in [0.4, 0.5) is 0 Å². The molecule has 1 atom stereocenters. The van der Waals surface area contributed by atoms with Crippen LogP contribution in [-0.2, 0) is 0 Å². The molecule has 0 bridgehead atoms. The van der Waals surface area contributed by atoms with Gasteiger partial charge in [-0.05, 0) is 38.1 Å². The summed E-state index contributed by atoms with van der Waals surface area (Å²) in [5, 5.41) is 4.25. The van der Waals surface area contributed by atoms with Gasteiger partial charge in [0.05, 0.1) is 14.2 Å². The van der Waals surface area contributed by atoms with Crippen LogP contribution in [0.1, 0.15) is 37.3 Å². The molecule has 0 heterocycles. The van der Waals surface area contributed by atoms with Crippen LogP contribution < -0.4 is 14.8 Å². The van der Waals surface area contributed by atoms with Gasteiger partial charge in [0.1, 0.15) is 11.5 Å². The molecule has 1 N–H and O–H groups in total. The first-order valence-electron chi connectivity index (χ1n) is 7.29. The van der Waals surface area contributed by atoms with Crippen LogP contribution in [0.5, 0.6) is 11.5 Å². The van der Waals surface area contributed by atoms with Gasteiger partial charge in [0.15, 0.2) is 0 Å². The van der Waals surface area contributed by atoms with Crippen molar-refractivity contribution >= 4 is 11.8 Å². The molecule has 0 saturated heterocycles. The van der Waals surface area contributed by atoms with Crippen molar-refractivity contribution in [2.75, 3.05) is 27.0 Å². The summed E-state index contributed by atoms with van der Waals surface area (Å²) in [6.07, 6.45) is 5.53. The van der Waals surface area contributed by atoms with Gasteiger partial charge in [-0.2, -0.15) is 11.8 Å². The molecule has 1 saturated carbocycles. The summed E-state index contributed by atoms with van der Waals surface area (Å²) in [6.45, 7) is 0. The molecule has 0 spiro atoms. The van der Waals surface area contributed by atoms with Crippen LogP contribution in [0.15, 0.2) is 18.2 Å². The van der Waals surface area contributed by atoms with Crippen LogP contribution >= 0.6 is 11.8 Å². The standard InChI is InChI=1S/C16H25NO2S/c1-17-15(11-20-13-6-4-5-7-13)14-10-12(18-2)8-9-16(14)19-3/h8-10,13,15,17H,4-7,11H2,1-3H3. The topological polar surface area (TPSA) is 30.5 Å². The van der Waals surface area contributed by atoms with E-state index in [9.17, 15) is 0 Å². The van der Waals surface area contributed by atoms with Gasteiger partial charge in [-0.1, -0.05) is 12.8 Å². The number of thioether (sulfide) groups is 1. The number of hydrogen-bond donors (Lipinski definition) is 1. The molecule has 1 aliphatic rings. The lowest BCUT2D eigenvalue weighted by Crippen LogP contribution is -2.20. The van der Waals surface area contributed by atoms with Crippen molar-refractivity contribution in [3.05, 3.63) is 23.8 Å². The summed E-state index contributed by atoms with van der Waals surface area (Å²) < 4.78 is 10.8. The minimum absolute atomic E-state index is 0.297. The second-order valence-corrected chi connectivity index (χ2v) is 6.52. The van der Waals surface area contributed by atoms with Crippen LogP contribution in [0.25, 0.3) is 0 Å². The van der Waals surface area contributed by atoms with E-state index in [4.69, 9.17) is 9.47 Å². The first kappa shape index (κ1) is 15.5. The van der Waals surface area contributed by atoms with E-state index in [0.29, 0.717) is 6.04 Å². The number of methoxy groups -OCH3 is 2. The molecule has 1 aromatic carbocycles. The molecule has 1 unspecified atom stereocenters. The fourth-order valence-corrected chi connectivity index (χ4v) is 4.21. The largest absolute Gasteiger partial charge is 0.497 e. The van der Waals surface area contributed by atoms with Crippen molar-refractivity contribution in [1.29, 1.82) is 0 Å². The SMILES string of the molecule is CNC(CSC1CCCC1)c1cc(OC)ccc1OC. The molecule has 20 heavy (non-hydrogen) atoms. The maximum Gasteiger partial charge on any atom is 0.123 e. The lowest BCUT2D eigenvalue weighted by molar-refractivity contribution is 0.394. The smallest absolute Gasteiger partial charge is 0.123 e. The van der Waals surface area contributed by atoms with Gasteiger partial charge in [-0.15, -0.1) is 0 Å². The molecule has 3 nitrogen and oxygen atoms in total. The Bertz CT molecular complexity index is 419. The maximum atomic E-state index is 5.49. The molecule has 0 radical (unpaired) electrons. The molecule has 0 amide bonds. The van der Waals surface area contributed by atoms with Gasteiger partial charge in [-0.3, -0.25) is 0 Å². The van der Waals surface area contributed by atoms with Gasteiger partial charge in [0, 0.05) is 22.6 Å². The van der Waals surface area contributed by atoms with Gasteiger partial charge in [0.25, 0.3) is 0 Å². The second-order valence-electron chi connectivity index (χ2n) is 5.19. The molecule has 1 aliphatic carbocycles. The second kappa shape index (κ2) is 7.79. The summed E-state index contributed by atoms with van der Waals surface area (Å²) in [5.41, 5.74) is 1.18. The Kier molecular flexibility index (Phi) is 6.05. The number of ether oxygens (including phenoxy) is 2. The van der Waals surface area contributed by atoms with Gasteiger partial charge < -0.3 is 14.8 Å². The number of rotatable bonds is 7. The van der Waals surface area contributed by atoms with Gasteiger partial charge in [0.2, 0.25) is 0 Å². The molecular weight excluding hydrogens is 270 g/mol. The Balaban J connectivity index is 2.08. The third-order valence-electron chi connectivity index (χ3n) is 3.96. The van der Waals surface area contributed by atoms with Gasteiger partial charge >= 0.3 is 0 Å². The van der Waals surface area contributed by atoms with E-state index in [1.807, 2.05) is 19.2 Å². The Morgan fingerprint density at radius 2 is 2.00 bits per heavy atom. The average molecular weight is 295 g/mol. The summed E-state index contributed by atoms with van der Waals surface area (Å²) >= 11 is 2.09. The van der Waals surface area contributed by atoms with E-state index in [1.54, 1.807) is 14.2 Å². The van der Waals surface area contributed by atoms with E-state index in [0.717, 1.165) is 22.5 Å². The lowest BCUT2D eigenvalue weighted by Gasteiger charge is -2.21. The minimum atomic E-state index is 0.297. The van der Waals surface area contributed by atoms with Crippen molar-refractivity contribution < 1.29 is 9.47 Å². The van der Waals surface area contributed by atoms with Crippen LogP contribution in [0, 0.1) is 0 Å². The fourth-order valence-electron chi connectivity index (χ4n) is 2.73. The minimum Gasteiger partial charge on any atom is -0.497 e. The van der Waals surface area contributed by atoms with E-state index >= 15 is 0 Å². The Labute approximate surface area is 126 Å². The maximum absolute atomic E-state index is 5.49. The van der Waals surface area contributed by atoms with E-state index in [2.05, 4.69) is 23.1 Å². The van der Waals surface area contributed by atoms with Crippen LogP contribution in [0.3, 0.4) is 0 Å². The molecule has 1 aromatic rings. The van der Waals surface area contributed by atoms with Crippen molar-refractivity contribution in [3.63, 3.8) is 0 Å². The van der Waals surface area contributed by atoms with Crippen molar-refractivity contribution in [2.24, 2.45) is 0 Å². The zero-order chi connectivity index (χ0) is 14.4. The highest BCUT2D eigenvalue weighted by atomic mass is 32.2. The molecule has 0 aliphatic heterocycles. The third-order valence-corrected chi connectivity index (χ3v) is 5.43. The van der Waals surface area contributed by atoms with E-state index < -0.39 is 0 Å². The van der Waals surface area contributed by atoms with Gasteiger partial charge in [-0.25, -0.2) is 0 Å². The summed E-state index contributed by atoms with van der Waals surface area (Å²) in [7, 11) is 5.44. The molecule has 112 valence electrons. The molecule has 0 aromatic heterocycles. The van der Waals surface area contributed by atoms with Crippen molar-refractivity contribution in [3.8, 4) is 11.5 Å². The van der Waals surface area contributed by atoms with Crippen LogP contribution in [-0.4, -0.2) is 32.3 Å². The first-order chi connectivity index (χ1) is 9.78. The molecule has 4 heteroatoms. The van der Waals surface area contributed by atoms with E-state index in [1.165, 1.54) is 31.2 Å². The zero-order valence-electron chi connectivity index (χ0n) is 12.6. The van der Waals surface area contributed by atoms with Crippen LogP contribution in [0.2, 0.25) is 0 Å². The number of hydrogen-bond acceptors (Lipinski definition) is 4. The first-order valence-corrected chi connectivity index (χ1v) is 8.34. The van der Waals surface area contributed by atoms with Crippen molar-refractivity contribution in [2.45, 2.75) is 37.0 Å². The predicted molar refractivity (Wildman–Crippen MR) is 86.1 cm³/mol. The van der Waals surface area contributed by atoms with Crippen molar-refractivity contribution in [1.82, 2.24) is 5.32 Å². The number of nitrogens with one attached hydrogen (secondary N) is 1. The summed E-state index contributed by atoms with van der Waals surface area (Å²) in [6, 6.07) is 6.30. The third kappa shape index (κ3) is 3.83.